The number of hydrogen-bond donors (Lipinski definition) is 1. The first kappa shape index (κ1) is 21.1. The van der Waals surface area contributed by atoms with Gasteiger partial charge in [-0.05, 0) is 6.42 Å². The van der Waals surface area contributed by atoms with Gasteiger partial charge in [-0.1, -0.05) is 13.3 Å². The van der Waals surface area contributed by atoms with Gasteiger partial charge in [0.05, 0.1) is 26.4 Å². The van der Waals surface area contributed by atoms with Gasteiger partial charge in [0.2, 0.25) is 6.33 Å². The number of aliphatic hydroxyl groups is 1. The summed E-state index contributed by atoms with van der Waals surface area (Å²) in [6.45, 7) is 5.31. The molecule has 1 aromatic rings. The summed E-state index contributed by atoms with van der Waals surface area (Å²) in [7, 11) is -10.7. The van der Waals surface area contributed by atoms with Gasteiger partial charge in [0.25, 0.3) is 0 Å². The molecule has 1 rings (SSSR count). The van der Waals surface area contributed by atoms with Gasteiger partial charge in [0.15, 0.2) is 0 Å². The van der Waals surface area contributed by atoms with Crippen LogP contribution in [-0.4, -0.2) is 29.5 Å². The second kappa shape index (κ2) is 7.61. The summed E-state index contributed by atoms with van der Waals surface area (Å²) in [5, 5.41) is 8.53. The third-order valence-electron chi connectivity index (χ3n) is 2.25. The molecule has 0 atom stereocenters. The molecule has 0 fully saturated rings. The molecule has 0 aromatic carbocycles. The van der Waals surface area contributed by atoms with Gasteiger partial charge in [-0.15, -0.1) is 0 Å². The topological polar surface area (TPSA) is 38.3 Å². The fraction of sp³-hybridized carbons (Fsp3) is 0.727. The predicted octanol–water partition coefficient (Wildman–Crippen LogP) is 3.97. The number of aryl methyl sites for hydroxylation is 1. The summed E-state index contributed by atoms with van der Waals surface area (Å²) < 4.78 is 68.7. The van der Waals surface area contributed by atoms with Crippen LogP contribution in [0.25, 0.3) is 0 Å². The van der Waals surface area contributed by atoms with Crippen molar-refractivity contribution in [2.24, 2.45) is 0 Å². The zero-order valence-corrected chi connectivity index (χ0v) is 13.0. The molecule has 0 amide bonds. The number of rotatable bonds is 8. The third-order valence-corrected chi connectivity index (χ3v) is 2.25. The molecule has 0 aliphatic heterocycles. The number of unbranched alkanes of at least 4 members (excludes halogenated alkanes) is 1. The molecular formula is C11H21F6N2O2P. The molecule has 1 N–H and O–H groups in total. The van der Waals surface area contributed by atoms with Gasteiger partial charge >= 0.3 is 33.0 Å². The van der Waals surface area contributed by atoms with Gasteiger partial charge in [0, 0.05) is 0 Å². The number of nitrogens with zero attached hydrogens (tertiary/aromatic N) is 2. The molecule has 1 aromatic heterocycles. The number of ether oxygens (including phenoxy) is 1. The molecular weight excluding hydrogens is 337 g/mol. The first-order valence-electron chi connectivity index (χ1n) is 6.61. The van der Waals surface area contributed by atoms with Crippen molar-refractivity contribution in [2.75, 3.05) is 19.8 Å². The van der Waals surface area contributed by atoms with Crippen molar-refractivity contribution < 1.29 is 39.6 Å². The Balaban J connectivity index is 0.000000534. The Morgan fingerprint density at radius 1 is 1.14 bits per heavy atom. The van der Waals surface area contributed by atoms with E-state index < -0.39 is 7.81 Å². The first-order valence-corrected chi connectivity index (χ1v) is 8.64. The minimum absolute atomic E-state index is 0.0994. The van der Waals surface area contributed by atoms with Crippen LogP contribution in [-0.2, 0) is 17.8 Å². The molecule has 0 spiro atoms. The molecule has 0 unspecified atom stereocenters. The summed E-state index contributed by atoms with van der Waals surface area (Å²) in [5.41, 5.74) is 0. The average molecular weight is 358 g/mol. The third kappa shape index (κ3) is 19.1. The first-order chi connectivity index (χ1) is 9.81. The molecule has 11 heteroatoms. The standard InChI is InChI=1S/C11H21N2O2.F6P/c1-2-3-4-12-5-6-13(11-12)7-9-15-10-8-14;1-7(2,3,4,5)6/h5-6,11,14H,2-4,7-10H2,1H3;/q+1;-1. The normalized spacial score (nSPS) is 14.7. The number of halogens is 6. The maximum absolute atomic E-state index is 10.7. The SMILES string of the molecule is CCCC[n+]1ccn(CCOCCO)c1.F[P-](F)(F)(F)(F)F. The van der Waals surface area contributed by atoms with Crippen molar-refractivity contribution in [3.05, 3.63) is 18.7 Å². The molecule has 0 radical (unpaired) electrons. The van der Waals surface area contributed by atoms with Crippen molar-refractivity contribution >= 4 is 7.81 Å². The van der Waals surface area contributed by atoms with Crippen LogP contribution in [0.4, 0.5) is 25.2 Å². The Morgan fingerprint density at radius 2 is 1.73 bits per heavy atom. The number of imidazole rings is 1. The van der Waals surface area contributed by atoms with Gasteiger partial charge < -0.3 is 9.84 Å². The monoisotopic (exact) mass is 358 g/mol. The van der Waals surface area contributed by atoms with Crippen molar-refractivity contribution in [1.29, 1.82) is 0 Å². The van der Waals surface area contributed by atoms with Gasteiger partial charge in [-0.3, -0.25) is 0 Å². The van der Waals surface area contributed by atoms with Crippen LogP contribution in [0.2, 0.25) is 0 Å². The Kier molecular flexibility index (Phi) is 7.31. The van der Waals surface area contributed by atoms with E-state index in [1.54, 1.807) is 0 Å². The summed E-state index contributed by atoms with van der Waals surface area (Å²) >= 11 is 0. The molecule has 0 bridgehead atoms. The predicted molar refractivity (Wildman–Crippen MR) is 71.0 cm³/mol. The molecule has 0 aliphatic rings. The molecule has 134 valence electrons. The molecule has 0 aliphatic carbocycles. The Morgan fingerprint density at radius 3 is 2.23 bits per heavy atom. The summed E-state index contributed by atoms with van der Waals surface area (Å²) in [6, 6.07) is 0. The second-order valence-corrected chi connectivity index (χ2v) is 6.45. The van der Waals surface area contributed by atoms with Crippen LogP contribution < -0.4 is 4.57 Å². The second-order valence-electron chi connectivity index (χ2n) is 4.54. The van der Waals surface area contributed by atoms with Crippen LogP contribution in [0.3, 0.4) is 0 Å². The van der Waals surface area contributed by atoms with Crippen molar-refractivity contribution in [2.45, 2.75) is 32.9 Å². The molecule has 0 saturated carbocycles. The van der Waals surface area contributed by atoms with E-state index in [0.29, 0.717) is 13.2 Å². The summed E-state index contributed by atoms with van der Waals surface area (Å²) in [4.78, 5) is 0. The van der Waals surface area contributed by atoms with E-state index in [4.69, 9.17) is 9.84 Å². The number of hydrogen-bond acceptors (Lipinski definition) is 2. The quantitative estimate of drug-likeness (QED) is 0.331. The van der Waals surface area contributed by atoms with E-state index in [9.17, 15) is 25.2 Å². The number of aliphatic hydroxyl groups excluding tert-OH is 1. The van der Waals surface area contributed by atoms with E-state index in [1.807, 2.05) is 0 Å². The summed E-state index contributed by atoms with van der Waals surface area (Å²) in [6.07, 6.45) is 8.67. The average Bonchev–Trinajstić information content (AvgIpc) is 2.76. The Labute approximate surface area is 124 Å². The minimum atomic E-state index is -10.7. The van der Waals surface area contributed by atoms with Crippen LogP contribution >= 0.6 is 7.81 Å². The van der Waals surface area contributed by atoms with Crippen LogP contribution in [0.15, 0.2) is 18.7 Å². The number of aromatic nitrogens is 2. The van der Waals surface area contributed by atoms with E-state index in [-0.39, 0.29) is 6.61 Å². The molecule has 4 nitrogen and oxygen atoms in total. The fourth-order valence-electron chi connectivity index (χ4n) is 1.38. The molecule has 0 saturated heterocycles. The maximum atomic E-state index is 9.87. The van der Waals surface area contributed by atoms with Crippen LogP contribution in [0, 0.1) is 0 Å². The van der Waals surface area contributed by atoms with E-state index in [1.165, 1.54) is 12.8 Å². The van der Waals surface area contributed by atoms with Gasteiger partial charge in [-0.2, -0.15) is 0 Å². The van der Waals surface area contributed by atoms with E-state index >= 15 is 0 Å². The van der Waals surface area contributed by atoms with Crippen LogP contribution in [0.1, 0.15) is 19.8 Å². The van der Waals surface area contributed by atoms with Gasteiger partial charge in [-0.25, -0.2) is 9.13 Å². The fourth-order valence-corrected chi connectivity index (χ4v) is 1.38. The summed E-state index contributed by atoms with van der Waals surface area (Å²) in [5.74, 6) is 0. The Bertz CT molecular complexity index is 423. The van der Waals surface area contributed by atoms with E-state index in [0.717, 1.165) is 13.1 Å². The zero-order valence-electron chi connectivity index (χ0n) is 12.1. The van der Waals surface area contributed by atoms with Crippen LogP contribution in [0.5, 0.6) is 0 Å². The van der Waals surface area contributed by atoms with Gasteiger partial charge in [0.1, 0.15) is 18.9 Å². The molecule has 1 heterocycles. The van der Waals surface area contributed by atoms with Crippen molar-refractivity contribution in [3.63, 3.8) is 0 Å². The Hall–Kier alpha value is -0.860. The molecule has 22 heavy (non-hydrogen) atoms. The zero-order chi connectivity index (χ0) is 17.3. The van der Waals surface area contributed by atoms with Crippen molar-refractivity contribution in [1.82, 2.24) is 4.57 Å². The van der Waals surface area contributed by atoms with E-state index in [2.05, 4.69) is 34.8 Å². The van der Waals surface area contributed by atoms with Crippen molar-refractivity contribution in [3.8, 4) is 0 Å².